The molecule has 2 amide bonds. The summed E-state index contributed by atoms with van der Waals surface area (Å²) in [6.07, 6.45) is 3.66. The summed E-state index contributed by atoms with van der Waals surface area (Å²) < 4.78 is 0. The van der Waals surface area contributed by atoms with Crippen LogP contribution in [0.1, 0.15) is 32.6 Å². The number of amides is 2. The standard InChI is InChI=1S/C13H21N3O2/c1-13(14,9-2-3-9)12(18)15-6-7-16-10(8-15)4-5-11(16)17/h9-10H,2-8,14H2,1H3. The van der Waals surface area contributed by atoms with Gasteiger partial charge in [-0.1, -0.05) is 0 Å². The van der Waals surface area contributed by atoms with Gasteiger partial charge in [0.25, 0.3) is 0 Å². The highest BCUT2D eigenvalue weighted by molar-refractivity contribution is 5.87. The Labute approximate surface area is 107 Å². The molecule has 2 heterocycles. The van der Waals surface area contributed by atoms with Gasteiger partial charge in [0, 0.05) is 32.1 Å². The van der Waals surface area contributed by atoms with E-state index in [4.69, 9.17) is 5.73 Å². The van der Waals surface area contributed by atoms with Gasteiger partial charge in [0.15, 0.2) is 0 Å². The van der Waals surface area contributed by atoms with Crippen LogP contribution in [0.25, 0.3) is 0 Å². The molecule has 18 heavy (non-hydrogen) atoms. The van der Waals surface area contributed by atoms with Gasteiger partial charge in [-0.2, -0.15) is 0 Å². The molecule has 100 valence electrons. The number of piperazine rings is 1. The molecule has 2 atom stereocenters. The molecule has 2 N–H and O–H groups in total. The quantitative estimate of drug-likeness (QED) is 0.748. The van der Waals surface area contributed by atoms with Crippen LogP contribution >= 0.6 is 0 Å². The Bertz CT molecular complexity index is 390. The van der Waals surface area contributed by atoms with Crippen LogP contribution in [-0.4, -0.2) is 52.8 Å². The third-order valence-corrected chi connectivity index (χ3v) is 4.67. The first kappa shape index (κ1) is 12.0. The van der Waals surface area contributed by atoms with E-state index in [0.29, 0.717) is 32.0 Å². The molecule has 1 saturated carbocycles. The van der Waals surface area contributed by atoms with Crippen molar-refractivity contribution in [3.63, 3.8) is 0 Å². The van der Waals surface area contributed by atoms with Crippen molar-refractivity contribution < 1.29 is 9.59 Å². The molecular formula is C13H21N3O2. The molecule has 0 aromatic heterocycles. The van der Waals surface area contributed by atoms with Gasteiger partial charge in [-0.25, -0.2) is 0 Å². The second-order valence-electron chi connectivity index (χ2n) is 6.09. The number of hydrogen-bond donors (Lipinski definition) is 1. The lowest BCUT2D eigenvalue weighted by Crippen LogP contribution is -2.61. The molecule has 0 bridgehead atoms. The maximum atomic E-state index is 12.5. The minimum Gasteiger partial charge on any atom is -0.337 e. The topological polar surface area (TPSA) is 66.6 Å². The molecule has 3 rings (SSSR count). The molecule has 5 nitrogen and oxygen atoms in total. The van der Waals surface area contributed by atoms with E-state index in [9.17, 15) is 9.59 Å². The molecule has 0 spiro atoms. The minimum atomic E-state index is -0.704. The van der Waals surface area contributed by atoms with Gasteiger partial charge in [-0.05, 0) is 32.1 Å². The van der Waals surface area contributed by atoms with Gasteiger partial charge in [-0.15, -0.1) is 0 Å². The Balaban J connectivity index is 1.67. The molecule has 2 aliphatic heterocycles. The van der Waals surface area contributed by atoms with Crippen molar-refractivity contribution in [2.45, 2.75) is 44.2 Å². The smallest absolute Gasteiger partial charge is 0.242 e. The monoisotopic (exact) mass is 251 g/mol. The summed E-state index contributed by atoms with van der Waals surface area (Å²) in [4.78, 5) is 27.9. The predicted octanol–water partition coefficient (Wildman–Crippen LogP) is -0.0530. The number of hydrogen-bond acceptors (Lipinski definition) is 3. The average molecular weight is 251 g/mol. The molecule has 0 radical (unpaired) electrons. The molecule has 2 unspecified atom stereocenters. The Kier molecular flexibility index (Phi) is 2.62. The molecule has 3 aliphatic rings. The first-order valence-electron chi connectivity index (χ1n) is 6.88. The number of rotatable bonds is 2. The summed E-state index contributed by atoms with van der Waals surface area (Å²) in [7, 11) is 0. The van der Waals surface area contributed by atoms with E-state index in [1.165, 1.54) is 0 Å². The van der Waals surface area contributed by atoms with Crippen LogP contribution in [0.4, 0.5) is 0 Å². The molecule has 3 fully saturated rings. The second kappa shape index (κ2) is 3.95. The van der Waals surface area contributed by atoms with Crippen molar-refractivity contribution in [3.8, 4) is 0 Å². The number of carbonyl (C=O) groups is 2. The summed E-state index contributed by atoms with van der Waals surface area (Å²) in [5.41, 5.74) is 5.49. The Morgan fingerprint density at radius 3 is 2.72 bits per heavy atom. The molecule has 5 heteroatoms. The van der Waals surface area contributed by atoms with Crippen LogP contribution in [0.15, 0.2) is 0 Å². The SMILES string of the molecule is CC(N)(C(=O)N1CCN2C(=O)CCC2C1)C1CC1. The van der Waals surface area contributed by atoms with Crippen molar-refractivity contribution in [2.24, 2.45) is 11.7 Å². The van der Waals surface area contributed by atoms with Crippen LogP contribution in [0.3, 0.4) is 0 Å². The average Bonchev–Trinajstić information content (AvgIpc) is 3.14. The van der Waals surface area contributed by atoms with E-state index in [1.54, 1.807) is 0 Å². The van der Waals surface area contributed by atoms with E-state index in [2.05, 4.69) is 0 Å². The highest BCUT2D eigenvalue weighted by atomic mass is 16.2. The zero-order valence-electron chi connectivity index (χ0n) is 10.9. The fourth-order valence-electron chi connectivity index (χ4n) is 3.25. The van der Waals surface area contributed by atoms with Crippen molar-refractivity contribution in [1.29, 1.82) is 0 Å². The van der Waals surface area contributed by atoms with E-state index < -0.39 is 5.54 Å². The van der Waals surface area contributed by atoms with Gasteiger partial charge < -0.3 is 15.5 Å². The van der Waals surface area contributed by atoms with Crippen molar-refractivity contribution in [2.75, 3.05) is 19.6 Å². The lowest BCUT2D eigenvalue weighted by molar-refractivity contribution is -0.143. The molecule has 2 saturated heterocycles. The zero-order chi connectivity index (χ0) is 12.9. The summed E-state index contributed by atoms with van der Waals surface area (Å²) >= 11 is 0. The van der Waals surface area contributed by atoms with Crippen molar-refractivity contribution >= 4 is 11.8 Å². The third-order valence-electron chi connectivity index (χ3n) is 4.67. The molecule has 0 aromatic rings. The maximum Gasteiger partial charge on any atom is 0.242 e. The Hall–Kier alpha value is -1.10. The van der Waals surface area contributed by atoms with Crippen molar-refractivity contribution in [3.05, 3.63) is 0 Å². The highest BCUT2D eigenvalue weighted by Crippen LogP contribution is 2.39. The summed E-state index contributed by atoms with van der Waals surface area (Å²) in [6.45, 7) is 3.85. The fourth-order valence-corrected chi connectivity index (χ4v) is 3.25. The maximum absolute atomic E-state index is 12.5. The summed E-state index contributed by atoms with van der Waals surface area (Å²) in [5, 5.41) is 0. The normalized spacial score (nSPS) is 31.2. The summed E-state index contributed by atoms with van der Waals surface area (Å²) in [6, 6.07) is 0.227. The van der Waals surface area contributed by atoms with E-state index in [0.717, 1.165) is 19.3 Å². The van der Waals surface area contributed by atoms with Crippen LogP contribution in [0, 0.1) is 5.92 Å². The summed E-state index contributed by atoms with van der Waals surface area (Å²) in [5.74, 6) is 0.669. The van der Waals surface area contributed by atoms with E-state index in [1.807, 2.05) is 16.7 Å². The van der Waals surface area contributed by atoms with Gasteiger partial charge in [0.05, 0.1) is 5.54 Å². The van der Waals surface area contributed by atoms with Gasteiger partial charge in [0.1, 0.15) is 0 Å². The van der Waals surface area contributed by atoms with Crippen LogP contribution in [0.5, 0.6) is 0 Å². The highest BCUT2D eigenvalue weighted by Gasteiger charge is 2.47. The third kappa shape index (κ3) is 1.81. The van der Waals surface area contributed by atoms with E-state index >= 15 is 0 Å². The lowest BCUT2D eigenvalue weighted by Gasteiger charge is -2.40. The second-order valence-corrected chi connectivity index (χ2v) is 6.09. The number of carbonyl (C=O) groups excluding carboxylic acids is 2. The molecule has 0 aromatic carbocycles. The predicted molar refractivity (Wildman–Crippen MR) is 66.6 cm³/mol. The van der Waals surface area contributed by atoms with Crippen LogP contribution in [-0.2, 0) is 9.59 Å². The first-order valence-corrected chi connectivity index (χ1v) is 6.88. The van der Waals surface area contributed by atoms with Gasteiger partial charge in [-0.3, -0.25) is 9.59 Å². The molecule has 1 aliphatic carbocycles. The van der Waals surface area contributed by atoms with Crippen molar-refractivity contribution in [1.82, 2.24) is 9.80 Å². The first-order chi connectivity index (χ1) is 8.50. The largest absolute Gasteiger partial charge is 0.337 e. The lowest BCUT2D eigenvalue weighted by atomic mass is 9.94. The fraction of sp³-hybridized carbons (Fsp3) is 0.846. The number of nitrogens with two attached hydrogens (primary N) is 1. The zero-order valence-corrected chi connectivity index (χ0v) is 10.9. The van der Waals surface area contributed by atoms with Gasteiger partial charge >= 0.3 is 0 Å². The number of fused-ring (bicyclic) bond motifs is 1. The number of nitrogens with zero attached hydrogens (tertiary/aromatic N) is 2. The Morgan fingerprint density at radius 1 is 1.33 bits per heavy atom. The van der Waals surface area contributed by atoms with E-state index in [-0.39, 0.29) is 17.9 Å². The minimum absolute atomic E-state index is 0.0731. The van der Waals surface area contributed by atoms with Gasteiger partial charge in [0.2, 0.25) is 11.8 Å². The van der Waals surface area contributed by atoms with Crippen LogP contribution in [0.2, 0.25) is 0 Å². The Morgan fingerprint density at radius 2 is 2.06 bits per heavy atom. The molecular weight excluding hydrogens is 230 g/mol. The van der Waals surface area contributed by atoms with Crippen LogP contribution < -0.4 is 5.73 Å².